The van der Waals surface area contributed by atoms with E-state index in [4.69, 9.17) is 10.6 Å². The molecule has 3 nitrogen and oxygen atoms in total. The quantitative estimate of drug-likeness (QED) is 0.884. The number of rotatable bonds is 2. The van der Waals surface area contributed by atoms with Gasteiger partial charge in [0.1, 0.15) is 11.8 Å². The van der Waals surface area contributed by atoms with E-state index < -0.39 is 0 Å². The molecule has 0 aromatic carbocycles. The number of halogens is 1. The summed E-state index contributed by atoms with van der Waals surface area (Å²) in [6.45, 7) is 0.527. The van der Waals surface area contributed by atoms with Gasteiger partial charge in [-0.25, -0.2) is 0 Å². The Morgan fingerprint density at radius 1 is 1.69 bits per heavy atom. The molecule has 1 aromatic rings. The zero-order valence-electron chi connectivity index (χ0n) is 6.87. The van der Waals surface area contributed by atoms with Crippen LogP contribution in [0.2, 0.25) is 0 Å². The third-order valence-corrected chi connectivity index (χ3v) is 3.53. The maximum Gasteiger partial charge on any atom is 0.145 e. The Morgan fingerprint density at radius 2 is 2.54 bits per heavy atom. The van der Waals surface area contributed by atoms with Crippen LogP contribution in [0.3, 0.4) is 0 Å². The maximum atomic E-state index is 5.48. The minimum absolute atomic E-state index is 0.0656. The van der Waals surface area contributed by atoms with Crippen LogP contribution in [0.4, 0.5) is 0 Å². The van der Waals surface area contributed by atoms with Gasteiger partial charge >= 0.3 is 0 Å². The fourth-order valence-corrected chi connectivity index (χ4v) is 2.55. The van der Waals surface area contributed by atoms with Crippen molar-refractivity contribution < 1.29 is 4.84 Å². The number of hydrogen-bond donors (Lipinski definition) is 1. The van der Waals surface area contributed by atoms with Crippen molar-refractivity contribution in [2.24, 2.45) is 10.9 Å². The van der Waals surface area contributed by atoms with Crippen molar-refractivity contribution in [1.82, 2.24) is 0 Å². The van der Waals surface area contributed by atoms with Gasteiger partial charge in [0.2, 0.25) is 0 Å². The summed E-state index contributed by atoms with van der Waals surface area (Å²) in [7, 11) is 0. The lowest BCUT2D eigenvalue weighted by atomic mass is 10.1. The third kappa shape index (κ3) is 1.92. The lowest BCUT2D eigenvalue weighted by molar-refractivity contribution is 0.0919. The Bertz CT molecular complexity index is 337. The van der Waals surface area contributed by atoms with E-state index in [1.807, 2.05) is 12.1 Å². The SMILES string of the molecule is NCC1CC(c2ccc(Br)s2)=NO1. The standard InChI is InChI=1S/C8H9BrN2OS/c9-8-2-1-7(13-8)6-3-5(4-10)12-11-6/h1-2,5H,3-4,10H2. The second-order valence-corrected chi connectivity index (χ2v) is 5.27. The van der Waals surface area contributed by atoms with E-state index in [1.165, 1.54) is 0 Å². The smallest absolute Gasteiger partial charge is 0.145 e. The summed E-state index contributed by atoms with van der Waals surface area (Å²) in [6, 6.07) is 4.05. The molecule has 0 radical (unpaired) electrons. The van der Waals surface area contributed by atoms with Crippen LogP contribution >= 0.6 is 27.3 Å². The summed E-state index contributed by atoms with van der Waals surface area (Å²) >= 11 is 5.07. The number of nitrogens with two attached hydrogens (primary N) is 1. The summed E-state index contributed by atoms with van der Waals surface area (Å²) in [5, 5.41) is 4.00. The molecule has 0 saturated heterocycles. The molecule has 0 spiro atoms. The van der Waals surface area contributed by atoms with Gasteiger partial charge in [0.25, 0.3) is 0 Å². The molecule has 1 aliphatic heterocycles. The van der Waals surface area contributed by atoms with Crippen LogP contribution < -0.4 is 5.73 Å². The van der Waals surface area contributed by atoms with Crippen LogP contribution in [-0.2, 0) is 4.84 Å². The fourth-order valence-electron chi connectivity index (χ4n) is 1.17. The summed E-state index contributed by atoms with van der Waals surface area (Å²) in [5.41, 5.74) is 6.48. The van der Waals surface area contributed by atoms with Gasteiger partial charge in [-0.2, -0.15) is 0 Å². The van der Waals surface area contributed by atoms with Crippen molar-refractivity contribution in [3.63, 3.8) is 0 Å². The van der Waals surface area contributed by atoms with Crippen LogP contribution in [0, 0.1) is 0 Å². The van der Waals surface area contributed by atoms with Gasteiger partial charge in [-0.1, -0.05) is 5.16 Å². The summed E-state index contributed by atoms with van der Waals surface area (Å²) in [5.74, 6) is 0. The third-order valence-electron chi connectivity index (χ3n) is 1.85. The molecule has 2 rings (SSSR count). The Balaban J connectivity index is 2.12. The highest BCUT2D eigenvalue weighted by molar-refractivity contribution is 9.11. The highest BCUT2D eigenvalue weighted by Crippen LogP contribution is 2.26. The predicted molar refractivity (Wildman–Crippen MR) is 57.1 cm³/mol. The van der Waals surface area contributed by atoms with Crippen molar-refractivity contribution in [3.8, 4) is 0 Å². The van der Waals surface area contributed by atoms with E-state index in [0.717, 1.165) is 20.8 Å². The Labute approximate surface area is 88.7 Å². The number of oxime groups is 1. The summed E-state index contributed by atoms with van der Waals surface area (Å²) in [6.07, 6.45) is 0.888. The van der Waals surface area contributed by atoms with Gasteiger partial charge < -0.3 is 10.6 Å². The first kappa shape index (κ1) is 9.18. The molecular formula is C8H9BrN2OS. The number of thiophene rings is 1. The molecule has 0 bridgehead atoms. The van der Waals surface area contributed by atoms with Crippen molar-refractivity contribution in [2.75, 3.05) is 6.54 Å². The monoisotopic (exact) mass is 260 g/mol. The molecule has 0 saturated carbocycles. The van der Waals surface area contributed by atoms with Crippen LogP contribution in [0.1, 0.15) is 11.3 Å². The highest BCUT2D eigenvalue weighted by atomic mass is 79.9. The summed E-state index contributed by atoms with van der Waals surface area (Å²) < 4.78 is 1.11. The second kappa shape index (κ2) is 3.77. The van der Waals surface area contributed by atoms with Gasteiger partial charge in [-0.3, -0.25) is 0 Å². The Kier molecular flexibility index (Phi) is 2.66. The van der Waals surface area contributed by atoms with Crippen LogP contribution in [0.25, 0.3) is 0 Å². The predicted octanol–water partition coefficient (Wildman–Crippen LogP) is 1.96. The number of nitrogens with zero attached hydrogens (tertiary/aromatic N) is 1. The van der Waals surface area contributed by atoms with Crippen LogP contribution in [0.5, 0.6) is 0 Å². The molecule has 1 unspecified atom stereocenters. The van der Waals surface area contributed by atoms with E-state index >= 15 is 0 Å². The van der Waals surface area contributed by atoms with Gasteiger partial charge in [-0.05, 0) is 28.1 Å². The first-order valence-corrected chi connectivity index (χ1v) is 5.59. The minimum Gasteiger partial charge on any atom is -0.390 e. The van der Waals surface area contributed by atoms with Crippen LogP contribution in [0.15, 0.2) is 21.1 Å². The minimum atomic E-state index is 0.0656. The van der Waals surface area contributed by atoms with E-state index in [0.29, 0.717) is 6.54 Å². The Hall–Kier alpha value is -0.390. The average molecular weight is 261 g/mol. The normalized spacial score (nSPS) is 21.4. The Morgan fingerprint density at radius 3 is 3.08 bits per heavy atom. The molecule has 0 amide bonds. The largest absolute Gasteiger partial charge is 0.390 e. The molecule has 5 heteroatoms. The van der Waals surface area contributed by atoms with Crippen molar-refractivity contribution >= 4 is 33.0 Å². The molecule has 1 atom stereocenters. The molecule has 70 valence electrons. The van der Waals surface area contributed by atoms with Gasteiger partial charge in [0, 0.05) is 13.0 Å². The number of hydrogen-bond acceptors (Lipinski definition) is 4. The average Bonchev–Trinajstić information content (AvgIpc) is 2.71. The molecule has 2 heterocycles. The van der Waals surface area contributed by atoms with Gasteiger partial charge in [-0.15, -0.1) is 11.3 Å². The summed E-state index contributed by atoms with van der Waals surface area (Å²) in [4.78, 5) is 6.29. The topological polar surface area (TPSA) is 47.6 Å². The molecular weight excluding hydrogens is 252 g/mol. The first-order valence-electron chi connectivity index (χ1n) is 3.98. The second-order valence-electron chi connectivity index (χ2n) is 2.81. The van der Waals surface area contributed by atoms with Gasteiger partial charge in [0.05, 0.1) is 8.66 Å². The van der Waals surface area contributed by atoms with Crippen molar-refractivity contribution in [2.45, 2.75) is 12.5 Å². The molecule has 0 fully saturated rings. The van der Waals surface area contributed by atoms with E-state index in [-0.39, 0.29) is 6.10 Å². The molecule has 2 N–H and O–H groups in total. The molecule has 13 heavy (non-hydrogen) atoms. The highest BCUT2D eigenvalue weighted by Gasteiger charge is 2.21. The van der Waals surface area contributed by atoms with Crippen LogP contribution in [-0.4, -0.2) is 18.4 Å². The molecule has 1 aliphatic rings. The molecule has 1 aromatic heterocycles. The zero-order chi connectivity index (χ0) is 9.26. The molecule has 0 aliphatic carbocycles. The van der Waals surface area contributed by atoms with Crippen molar-refractivity contribution in [3.05, 3.63) is 20.8 Å². The maximum absolute atomic E-state index is 5.48. The van der Waals surface area contributed by atoms with Crippen molar-refractivity contribution in [1.29, 1.82) is 0 Å². The van der Waals surface area contributed by atoms with E-state index in [1.54, 1.807) is 11.3 Å². The van der Waals surface area contributed by atoms with Gasteiger partial charge in [0.15, 0.2) is 0 Å². The fraction of sp³-hybridized carbons (Fsp3) is 0.375. The van der Waals surface area contributed by atoms with E-state index in [9.17, 15) is 0 Å². The zero-order valence-corrected chi connectivity index (χ0v) is 9.27. The lowest BCUT2D eigenvalue weighted by Gasteiger charge is -2.00. The van der Waals surface area contributed by atoms with E-state index in [2.05, 4.69) is 21.1 Å². The first-order chi connectivity index (χ1) is 6.29. The lowest BCUT2D eigenvalue weighted by Crippen LogP contribution is -2.19.